The van der Waals surface area contributed by atoms with E-state index in [1.165, 1.54) is 18.2 Å². The number of rotatable bonds is 5. The summed E-state index contributed by atoms with van der Waals surface area (Å²) >= 11 is 0. The van der Waals surface area contributed by atoms with Crippen LogP contribution in [0.1, 0.15) is 18.2 Å². The van der Waals surface area contributed by atoms with Gasteiger partial charge in [0.05, 0.1) is 28.7 Å². The molecule has 1 aromatic carbocycles. The summed E-state index contributed by atoms with van der Waals surface area (Å²) in [6.07, 6.45) is -3.61. The molecule has 9 nitrogen and oxygen atoms in total. The zero-order valence-corrected chi connectivity index (χ0v) is 10.1. The third-order valence-corrected chi connectivity index (χ3v) is 2.82. The van der Waals surface area contributed by atoms with Crippen LogP contribution in [-0.2, 0) is 4.79 Å². The fraction of sp³-hybridized carbons (Fsp3) is 0.273. The number of aliphatic hydroxyl groups excluding tert-OH is 2. The number of aliphatic hydroxyl groups is 2. The van der Waals surface area contributed by atoms with Gasteiger partial charge >= 0.3 is 5.97 Å². The van der Waals surface area contributed by atoms with Gasteiger partial charge in [-0.15, -0.1) is 0 Å². The molecular weight excluding hydrogens is 270 g/mol. The van der Waals surface area contributed by atoms with E-state index in [1.54, 1.807) is 0 Å². The first-order valence-electron chi connectivity index (χ1n) is 5.60. The van der Waals surface area contributed by atoms with Gasteiger partial charge in [0.1, 0.15) is 6.10 Å². The third kappa shape index (κ3) is 2.58. The van der Waals surface area contributed by atoms with E-state index in [1.807, 2.05) is 0 Å². The summed E-state index contributed by atoms with van der Waals surface area (Å²) in [5.74, 6) is -1.25. The minimum absolute atomic E-state index is 0.114. The lowest BCUT2D eigenvalue weighted by Gasteiger charge is -2.14. The summed E-state index contributed by atoms with van der Waals surface area (Å²) in [5, 5.41) is 45.3. The number of H-pyrrole nitrogens is 1. The molecule has 20 heavy (non-hydrogen) atoms. The molecule has 1 aromatic heterocycles. The van der Waals surface area contributed by atoms with Gasteiger partial charge in [-0.2, -0.15) is 5.10 Å². The number of nitro groups is 1. The van der Waals surface area contributed by atoms with Crippen LogP contribution in [-0.4, -0.2) is 42.5 Å². The Hall–Kier alpha value is -2.52. The Morgan fingerprint density at radius 1 is 1.45 bits per heavy atom. The molecule has 0 aliphatic heterocycles. The number of carbonyl (C=O) groups is 1. The minimum atomic E-state index is -1.51. The Morgan fingerprint density at radius 3 is 2.75 bits per heavy atom. The highest BCUT2D eigenvalue weighted by molar-refractivity contribution is 5.83. The number of carboxylic acids is 1. The molecule has 0 amide bonds. The molecule has 0 spiro atoms. The number of non-ortho nitro benzene ring substituents is 1. The number of nitrogens with zero attached hydrogens (tertiary/aromatic N) is 2. The molecule has 0 aliphatic carbocycles. The van der Waals surface area contributed by atoms with Crippen LogP contribution in [0.4, 0.5) is 5.69 Å². The largest absolute Gasteiger partial charge is 0.481 e. The molecule has 0 aliphatic rings. The Balaban J connectivity index is 2.36. The maximum Gasteiger partial charge on any atom is 0.306 e. The van der Waals surface area contributed by atoms with Crippen LogP contribution in [0, 0.1) is 10.1 Å². The predicted molar refractivity (Wildman–Crippen MR) is 66.0 cm³/mol. The van der Waals surface area contributed by atoms with Gasteiger partial charge in [0, 0.05) is 17.5 Å². The van der Waals surface area contributed by atoms with Crippen molar-refractivity contribution in [2.24, 2.45) is 0 Å². The average Bonchev–Trinajstić information content (AvgIpc) is 2.79. The van der Waals surface area contributed by atoms with Crippen LogP contribution in [0.25, 0.3) is 10.9 Å². The molecule has 0 saturated carbocycles. The molecule has 0 bridgehead atoms. The molecule has 0 radical (unpaired) electrons. The second-order valence-corrected chi connectivity index (χ2v) is 4.21. The number of aromatic amines is 1. The number of aromatic nitrogens is 2. The Morgan fingerprint density at radius 2 is 2.15 bits per heavy atom. The molecule has 2 unspecified atom stereocenters. The van der Waals surface area contributed by atoms with Gasteiger partial charge in [-0.3, -0.25) is 20.0 Å². The van der Waals surface area contributed by atoms with E-state index in [0.29, 0.717) is 5.39 Å². The van der Waals surface area contributed by atoms with Crippen LogP contribution < -0.4 is 0 Å². The molecule has 9 heteroatoms. The predicted octanol–water partition coefficient (Wildman–Crippen LogP) is 0.340. The highest BCUT2D eigenvalue weighted by Crippen LogP contribution is 2.27. The monoisotopic (exact) mass is 281 g/mol. The molecule has 1 heterocycles. The lowest BCUT2D eigenvalue weighted by atomic mass is 10.0. The Labute approximate surface area is 111 Å². The SMILES string of the molecule is O=C(O)CC(O)C(O)c1[nH]nc2cc([N+](=O)[O-])ccc12. The average molecular weight is 281 g/mol. The highest BCUT2D eigenvalue weighted by Gasteiger charge is 2.25. The number of carboxylic acid groups (broad SMARTS) is 1. The number of nitrogens with one attached hydrogen (secondary N) is 1. The van der Waals surface area contributed by atoms with Gasteiger partial charge in [0.25, 0.3) is 5.69 Å². The fourth-order valence-electron chi connectivity index (χ4n) is 1.84. The first-order chi connectivity index (χ1) is 9.40. The van der Waals surface area contributed by atoms with E-state index in [9.17, 15) is 25.1 Å². The van der Waals surface area contributed by atoms with Crippen molar-refractivity contribution >= 4 is 22.6 Å². The van der Waals surface area contributed by atoms with Crippen molar-refractivity contribution in [3.63, 3.8) is 0 Å². The van der Waals surface area contributed by atoms with Crippen molar-refractivity contribution in [3.05, 3.63) is 34.0 Å². The highest BCUT2D eigenvalue weighted by atomic mass is 16.6. The number of nitro benzene ring substituents is 1. The summed E-state index contributed by atoms with van der Waals surface area (Å²) in [6.45, 7) is 0. The zero-order chi connectivity index (χ0) is 14.9. The molecule has 4 N–H and O–H groups in total. The van der Waals surface area contributed by atoms with E-state index < -0.39 is 29.5 Å². The quantitative estimate of drug-likeness (QED) is 0.455. The van der Waals surface area contributed by atoms with E-state index in [4.69, 9.17) is 5.11 Å². The van der Waals surface area contributed by atoms with Gasteiger partial charge in [0.15, 0.2) is 0 Å². The maximum absolute atomic E-state index is 10.6. The normalized spacial score (nSPS) is 14.1. The van der Waals surface area contributed by atoms with Crippen molar-refractivity contribution in [2.45, 2.75) is 18.6 Å². The van der Waals surface area contributed by atoms with Gasteiger partial charge < -0.3 is 15.3 Å². The fourth-order valence-corrected chi connectivity index (χ4v) is 1.84. The molecule has 2 aromatic rings. The van der Waals surface area contributed by atoms with Crippen LogP contribution in [0.2, 0.25) is 0 Å². The smallest absolute Gasteiger partial charge is 0.306 e. The summed E-state index contributed by atoms with van der Waals surface area (Å²) in [4.78, 5) is 20.5. The Bertz CT molecular complexity index is 667. The first-order valence-corrected chi connectivity index (χ1v) is 5.60. The van der Waals surface area contributed by atoms with Gasteiger partial charge in [-0.05, 0) is 6.07 Å². The van der Waals surface area contributed by atoms with Crippen molar-refractivity contribution < 1.29 is 25.0 Å². The second kappa shape index (κ2) is 5.23. The summed E-state index contributed by atoms with van der Waals surface area (Å²) < 4.78 is 0. The molecule has 2 atom stereocenters. The van der Waals surface area contributed by atoms with Gasteiger partial charge in [0.2, 0.25) is 0 Å². The number of fused-ring (bicyclic) bond motifs is 1. The molecule has 106 valence electrons. The topological polar surface area (TPSA) is 150 Å². The number of benzene rings is 1. The summed E-state index contributed by atoms with van der Waals surface area (Å²) in [7, 11) is 0. The Kier molecular flexibility index (Phi) is 3.63. The lowest BCUT2D eigenvalue weighted by Crippen LogP contribution is -2.22. The molecular formula is C11H11N3O6. The first kappa shape index (κ1) is 13.9. The minimum Gasteiger partial charge on any atom is -0.481 e. The summed E-state index contributed by atoms with van der Waals surface area (Å²) in [5.41, 5.74) is 0.204. The van der Waals surface area contributed by atoms with Crippen LogP contribution >= 0.6 is 0 Å². The number of hydrogen-bond donors (Lipinski definition) is 4. The van der Waals surface area contributed by atoms with Crippen LogP contribution in [0.5, 0.6) is 0 Å². The molecule has 0 saturated heterocycles. The van der Waals surface area contributed by atoms with Crippen LogP contribution in [0.3, 0.4) is 0 Å². The van der Waals surface area contributed by atoms with Gasteiger partial charge in [-0.25, -0.2) is 0 Å². The molecule has 2 rings (SSSR count). The van der Waals surface area contributed by atoms with Gasteiger partial charge in [-0.1, -0.05) is 0 Å². The summed E-state index contributed by atoms with van der Waals surface area (Å²) in [6, 6.07) is 3.83. The van der Waals surface area contributed by atoms with Crippen LogP contribution in [0.15, 0.2) is 18.2 Å². The van der Waals surface area contributed by atoms with E-state index in [-0.39, 0.29) is 16.9 Å². The number of hydrogen-bond acceptors (Lipinski definition) is 6. The van der Waals surface area contributed by atoms with E-state index >= 15 is 0 Å². The standard InChI is InChI=1S/C11H11N3O6/c15-8(4-9(16)17)11(18)10-6-2-1-5(14(19)20)3-7(6)12-13-10/h1-3,8,11,15,18H,4H2,(H,12,13)(H,16,17). The van der Waals surface area contributed by atoms with E-state index in [0.717, 1.165) is 0 Å². The lowest BCUT2D eigenvalue weighted by molar-refractivity contribution is -0.384. The number of aliphatic carboxylic acids is 1. The maximum atomic E-state index is 10.6. The zero-order valence-electron chi connectivity index (χ0n) is 10.1. The third-order valence-electron chi connectivity index (χ3n) is 2.82. The van der Waals surface area contributed by atoms with Crippen molar-refractivity contribution in [2.75, 3.05) is 0 Å². The van der Waals surface area contributed by atoms with E-state index in [2.05, 4.69) is 10.2 Å². The van der Waals surface area contributed by atoms with Crippen molar-refractivity contribution in [1.82, 2.24) is 10.2 Å². The van der Waals surface area contributed by atoms with Crippen molar-refractivity contribution in [3.8, 4) is 0 Å². The second-order valence-electron chi connectivity index (χ2n) is 4.21. The molecule has 0 fully saturated rings. The van der Waals surface area contributed by atoms with Crippen molar-refractivity contribution in [1.29, 1.82) is 0 Å².